The fourth-order valence-corrected chi connectivity index (χ4v) is 3.14. The van der Waals surface area contributed by atoms with E-state index in [1.807, 2.05) is 6.07 Å². The van der Waals surface area contributed by atoms with Crippen molar-refractivity contribution in [1.82, 2.24) is 10.6 Å². The number of nitrogens with zero attached hydrogens (tertiary/aromatic N) is 1. The Morgan fingerprint density at radius 1 is 1.33 bits per heavy atom. The third-order valence-electron chi connectivity index (χ3n) is 4.64. The van der Waals surface area contributed by atoms with Gasteiger partial charge in [-0.15, -0.1) is 0 Å². The monoisotopic (exact) mass is 377 g/mol. The van der Waals surface area contributed by atoms with Crippen LogP contribution in [0.1, 0.15) is 50.3 Å². The summed E-state index contributed by atoms with van der Waals surface area (Å²) in [4.78, 5) is 4.69. The van der Waals surface area contributed by atoms with Crippen LogP contribution >= 0.6 is 0 Å². The molecule has 27 heavy (non-hydrogen) atoms. The lowest BCUT2D eigenvalue weighted by Crippen LogP contribution is -2.39. The van der Waals surface area contributed by atoms with Gasteiger partial charge in [0.05, 0.1) is 19.3 Å². The highest BCUT2D eigenvalue weighted by atomic mass is 16.5. The molecular formula is C21H35N3O3. The van der Waals surface area contributed by atoms with E-state index < -0.39 is 0 Å². The first-order valence-electron chi connectivity index (χ1n) is 10.0. The maximum Gasteiger partial charge on any atom is 0.191 e. The molecule has 0 saturated carbocycles. The molecule has 1 aliphatic heterocycles. The van der Waals surface area contributed by atoms with Crippen molar-refractivity contribution in [3.63, 3.8) is 0 Å². The zero-order chi connectivity index (χ0) is 19.5. The molecule has 0 aromatic heterocycles. The molecule has 1 aromatic carbocycles. The van der Waals surface area contributed by atoms with E-state index in [1.54, 1.807) is 7.11 Å². The molecule has 0 spiro atoms. The van der Waals surface area contributed by atoms with Gasteiger partial charge in [-0.1, -0.05) is 17.7 Å². The standard InChI is InChI=1S/C21H35N3O3/c1-5-22-21(23-11-6-12-27-18-9-13-26-14-10-18)24-17(3)19-15-16(2)7-8-20(19)25-4/h7-8,15,17-18H,5-6,9-14H2,1-4H3,(H2,22,23,24). The predicted octanol–water partition coefficient (Wildman–Crippen LogP) is 3.21. The van der Waals surface area contributed by atoms with Crippen molar-refractivity contribution in [2.24, 2.45) is 4.99 Å². The van der Waals surface area contributed by atoms with Crippen molar-refractivity contribution in [2.75, 3.05) is 40.0 Å². The lowest BCUT2D eigenvalue weighted by Gasteiger charge is -2.22. The summed E-state index contributed by atoms with van der Waals surface area (Å²) in [5.41, 5.74) is 2.35. The van der Waals surface area contributed by atoms with Crippen molar-refractivity contribution in [2.45, 2.75) is 52.2 Å². The fraction of sp³-hybridized carbons (Fsp3) is 0.667. The molecule has 152 valence electrons. The van der Waals surface area contributed by atoms with E-state index in [4.69, 9.17) is 14.2 Å². The SMILES string of the molecule is CCNC(=NCCCOC1CCOCC1)NC(C)c1cc(C)ccc1OC. The molecule has 1 aromatic rings. The lowest BCUT2D eigenvalue weighted by atomic mass is 10.0. The average molecular weight is 378 g/mol. The topological polar surface area (TPSA) is 64.1 Å². The van der Waals surface area contributed by atoms with Crippen LogP contribution in [0.25, 0.3) is 0 Å². The van der Waals surface area contributed by atoms with E-state index >= 15 is 0 Å². The molecule has 1 unspecified atom stereocenters. The molecule has 6 nitrogen and oxygen atoms in total. The normalized spacial score (nSPS) is 16.8. The Morgan fingerprint density at radius 3 is 2.81 bits per heavy atom. The highest BCUT2D eigenvalue weighted by Gasteiger charge is 2.14. The highest BCUT2D eigenvalue weighted by Crippen LogP contribution is 2.25. The summed E-state index contributed by atoms with van der Waals surface area (Å²) in [5, 5.41) is 6.79. The van der Waals surface area contributed by atoms with Gasteiger partial charge in [0.25, 0.3) is 0 Å². The number of benzene rings is 1. The van der Waals surface area contributed by atoms with Crippen molar-refractivity contribution in [3.05, 3.63) is 29.3 Å². The van der Waals surface area contributed by atoms with Gasteiger partial charge in [0, 0.05) is 38.5 Å². The van der Waals surface area contributed by atoms with Crippen molar-refractivity contribution < 1.29 is 14.2 Å². The first-order chi connectivity index (χ1) is 13.1. The van der Waals surface area contributed by atoms with E-state index in [0.29, 0.717) is 6.10 Å². The molecule has 1 saturated heterocycles. The Bertz CT molecular complexity index is 586. The third-order valence-corrected chi connectivity index (χ3v) is 4.64. The minimum atomic E-state index is 0.0936. The number of methoxy groups -OCH3 is 1. The smallest absolute Gasteiger partial charge is 0.191 e. The summed E-state index contributed by atoms with van der Waals surface area (Å²) in [5.74, 6) is 1.71. The van der Waals surface area contributed by atoms with Crippen LogP contribution < -0.4 is 15.4 Å². The molecule has 0 bridgehead atoms. The zero-order valence-electron chi connectivity index (χ0n) is 17.2. The zero-order valence-corrected chi connectivity index (χ0v) is 17.2. The van der Waals surface area contributed by atoms with E-state index in [-0.39, 0.29) is 6.04 Å². The molecule has 2 rings (SSSR count). The minimum absolute atomic E-state index is 0.0936. The summed E-state index contributed by atoms with van der Waals surface area (Å²) in [7, 11) is 1.71. The molecule has 0 aliphatic carbocycles. The molecule has 1 atom stereocenters. The highest BCUT2D eigenvalue weighted by molar-refractivity contribution is 5.80. The quantitative estimate of drug-likeness (QED) is 0.393. The van der Waals surface area contributed by atoms with Gasteiger partial charge in [0.1, 0.15) is 5.75 Å². The van der Waals surface area contributed by atoms with E-state index in [0.717, 1.165) is 69.4 Å². The number of nitrogens with one attached hydrogen (secondary N) is 2. The van der Waals surface area contributed by atoms with Gasteiger partial charge < -0.3 is 24.8 Å². The van der Waals surface area contributed by atoms with E-state index in [1.165, 1.54) is 5.56 Å². The van der Waals surface area contributed by atoms with Gasteiger partial charge in [-0.3, -0.25) is 4.99 Å². The lowest BCUT2D eigenvalue weighted by molar-refractivity contribution is -0.0318. The van der Waals surface area contributed by atoms with Crippen LogP contribution in [0, 0.1) is 6.92 Å². The van der Waals surface area contributed by atoms with Crippen LogP contribution in [0.15, 0.2) is 23.2 Å². The van der Waals surface area contributed by atoms with Gasteiger partial charge in [-0.25, -0.2) is 0 Å². The van der Waals surface area contributed by atoms with Gasteiger partial charge in [-0.2, -0.15) is 0 Å². The molecule has 2 N–H and O–H groups in total. The first-order valence-corrected chi connectivity index (χ1v) is 10.0. The number of hydrogen-bond acceptors (Lipinski definition) is 4. The van der Waals surface area contributed by atoms with Gasteiger partial charge in [0.15, 0.2) is 5.96 Å². The Morgan fingerprint density at radius 2 is 2.11 bits per heavy atom. The summed E-state index contributed by atoms with van der Waals surface area (Å²) < 4.78 is 16.8. The second-order valence-corrected chi connectivity index (χ2v) is 6.91. The summed E-state index contributed by atoms with van der Waals surface area (Å²) in [6.07, 6.45) is 3.27. The largest absolute Gasteiger partial charge is 0.496 e. The van der Waals surface area contributed by atoms with Crippen LogP contribution in [0.5, 0.6) is 5.75 Å². The minimum Gasteiger partial charge on any atom is -0.496 e. The number of rotatable bonds is 9. The van der Waals surface area contributed by atoms with Crippen LogP contribution in [0.2, 0.25) is 0 Å². The van der Waals surface area contributed by atoms with Crippen molar-refractivity contribution in [3.8, 4) is 5.75 Å². The maximum absolute atomic E-state index is 5.91. The molecule has 1 aliphatic rings. The first kappa shape index (κ1) is 21.5. The number of ether oxygens (including phenoxy) is 3. The number of aliphatic imine (C=N–C) groups is 1. The van der Waals surface area contributed by atoms with Gasteiger partial charge >= 0.3 is 0 Å². The molecular weight excluding hydrogens is 342 g/mol. The molecule has 1 fully saturated rings. The van der Waals surface area contributed by atoms with E-state index in [9.17, 15) is 0 Å². The Balaban J connectivity index is 1.84. The second kappa shape index (κ2) is 11.8. The fourth-order valence-electron chi connectivity index (χ4n) is 3.14. The number of aryl methyl sites for hydroxylation is 1. The average Bonchev–Trinajstić information content (AvgIpc) is 2.68. The van der Waals surface area contributed by atoms with Crippen LogP contribution in [0.3, 0.4) is 0 Å². The molecule has 1 heterocycles. The van der Waals surface area contributed by atoms with E-state index in [2.05, 4.69) is 48.5 Å². The van der Waals surface area contributed by atoms with Crippen LogP contribution in [-0.2, 0) is 9.47 Å². The molecule has 0 amide bonds. The van der Waals surface area contributed by atoms with Crippen LogP contribution in [-0.4, -0.2) is 52.1 Å². The Labute approximate surface area is 163 Å². The third kappa shape index (κ3) is 7.39. The van der Waals surface area contributed by atoms with Gasteiger partial charge in [-0.05, 0) is 46.1 Å². The summed E-state index contributed by atoms with van der Waals surface area (Å²) in [6, 6.07) is 6.32. The Hall–Kier alpha value is -1.79. The molecule has 6 heteroatoms. The summed E-state index contributed by atoms with van der Waals surface area (Å²) in [6.45, 7) is 10.2. The van der Waals surface area contributed by atoms with Crippen molar-refractivity contribution in [1.29, 1.82) is 0 Å². The second-order valence-electron chi connectivity index (χ2n) is 6.91. The maximum atomic E-state index is 5.91. The number of guanidine groups is 1. The van der Waals surface area contributed by atoms with Crippen LogP contribution in [0.4, 0.5) is 0 Å². The number of hydrogen-bond donors (Lipinski definition) is 2. The summed E-state index contributed by atoms with van der Waals surface area (Å²) >= 11 is 0. The Kier molecular flexibility index (Phi) is 9.42. The van der Waals surface area contributed by atoms with Gasteiger partial charge in [0.2, 0.25) is 0 Å². The van der Waals surface area contributed by atoms with Crippen molar-refractivity contribution >= 4 is 5.96 Å². The molecule has 0 radical (unpaired) electrons. The predicted molar refractivity (Wildman–Crippen MR) is 110 cm³/mol.